The van der Waals surface area contributed by atoms with Crippen molar-refractivity contribution < 1.29 is 24.5 Å². The van der Waals surface area contributed by atoms with Gasteiger partial charge in [0.2, 0.25) is 0 Å². The molecule has 0 saturated carbocycles. The maximum Gasteiger partial charge on any atom is 0.337 e. The summed E-state index contributed by atoms with van der Waals surface area (Å²) in [4.78, 5) is 22.8. The first-order valence-corrected chi connectivity index (χ1v) is 5.21. The Morgan fingerprint density at radius 3 is 2.44 bits per heavy atom. The zero-order chi connectivity index (χ0) is 13.9. The Hall–Kier alpha value is -2.08. The number of carbonyl (C=O) groups excluding carboxylic acids is 1. The number of phenols is 1. The number of aromatic hydroxyl groups is 1. The van der Waals surface area contributed by atoms with Crippen LogP contribution in [0.3, 0.4) is 0 Å². The van der Waals surface area contributed by atoms with Crippen molar-refractivity contribution in [1.29, 1.82) is 0 Å². The molecule has 98 valence electrons. The number of carboxylic acids is 1. The van der Waals surface area contributed by atoms with Crippen LogP contribution in [-0.4, -0.2) is 34.8 Å². The van der Waals surface area contributed by atoms with Crippen molar-refractivity contribution in [3.8, 4) is 5.75 Å². The Bertz CT molecular complexity index is 481. The van der Waals surface area contributed by atoms with Gasteiger partial charge in [-0.25, -0.2) is 4.79 Å². The minimum absolute atomic E-state index is 0.107. The van der Waals surface area contributed by atoms with Crippen molar-refractivity contribution in [2.75, 3.05) is 12.4 Å². The number of methoxy groups -OCH3 is 1. The molecule has 1 amide bonds. The summed E-state index contributed by atoms with van der Waals surface area (Å²) in [5.41, 5.74) is -1.15. The zero-order valence-electron chi connectivity index (χ0n) is 10.4. The van der Waals surface area contributed by atoms with Gasteiger partial charge < -0.3 is 20.3 Å². The number of aromatic carboxylic acids is 1. The van der Waals surface area contributed by atoms with Gasteiger partial charge in [0.1, 0.15) is 11.4 Å². The second-order valence-electron chi connectivity index (χ2n) is 4.20. The molecule has 0 unspecified atom stereocenters. The molecule has 6 heteroatoms. The predicted molar refractivity (Wildman–Crippen MR) is 64.8 cm³/mol. The number of carbonyl (C=O) groups is 2. The Kier molecular flexibility index (Phi) is 3.93. The van der Waals surface area contributed by atoms with Crippen molar-refractivity contribution in [2.24, 2.45) is 0 Å². The molecule has 0 fully saturated rings. The molecule has 0 saturated heterocycles. The molecule has 1 aromatic carbocycles. The molecule has 1 aromatic rings. The van der Waals surface area contributed by atoms with Crippen molar-refractivity contribution in [2.45, 2.75) is 19.4 Å². The van der Waals surface area contributed by atoms with Gasteiger partial charge in [-0.1, -0.05) is 0 Å². The summed E-state index contributed by atoms with van der Waals surface area (Å²) in [6.07, 6.45) is 0. The summed E-state index contributed by atoms with van der Waals surface area (Å²) in [6.45, 7) is 3.12. The smallest absolute Gasteiger partial charge is 0.337 e. The van der Waals surface area contributed by atoms with Crippen LogP contribution >= 0.6 is 0 Å². The summed E-state index contributed by atoms with van der Waals surface area (Å²) in [6, 6.07) is 3.68. The van der Waals surface area contributed by atoms with Crippen LogP contribution in [-0.2, 0) is 9.53 Å². The van der Waals surface area contributed by atoms with Crippen LogP contribution in [0, 0.1) is 0 Å². The molecule has 0 bridgehead atoms. The number of hydrogen-bond donors (Lipinski definition) is 3. The third-order valence-electron chi connectivity index (χ3n) is 2.54. The van der Waals surface area contributed by atoms with Crippen molar-refractivity contribution in [1.82, 2.24) is 0 Å². The highest BCUT2D eigenvalue weighted by Crippen LogP contribution is 2.22. The topological polar surface area (TPSA) is 95.9 Å². The molecule has 0 spiro atoms. The number of rotatable bonds is 4. The summed E-state index contributed by atoms with van der Waals surface area (Å²) >= 11 is 0. The van der Waals surface area contributed by atoms with Crippen molar-refractivity contribution in [3.05, 3.63) is 23.8 Å². The Morgan fingerprint density at radius 2 is 1.94 bits per heavy atom. The van der Waals surface area contributed by atoms with E-state index < -0.39 is 17.5 Å². The van der Waals surface area contributed by atoms with Gasteiger partial charge in [0.25, 0.3) is 5.91 Å². The normalized spacial score (nSPS) is 11.1. The van der Waals surface area contributed by atoms with E-state index in [1.165, 1.54) is 19.2 Å². The van der Waals surface area contributed by atoms with Gasteiger partial charge in [0.15, 0.2) is 0 Å². The number of anilines is 1. The molecule has 0 atom stereocenters. The molecule has 3 N–H and O–H groups in total. The first kappa shape index (κ1) is 14.0. The summed E-state index contributed by atoms with van der Waals surface area (Å²) in [7, 11) is 1.38. The molecule has 0 heterocycles. The van der Waals surface area contributed by atoms with Gasteiger partial charge in [-0.3, -0.25) is 4.79 Å². The molecular weight excluding hydrogens is 238 g/mol. The fraction of sp³-hybridized carbons (Fsp3) is 0.333. The van der Waals surface area contributed by atoms with Gasteiger partial charge in [-0.2, -0.15) is 0 Å². The van der Waals surface area contributed by atoms with E-state index in [0.29, 0.717) is 0 Å². The highest BCUT2D eigenvalue weighted by molar-refractivity contribution is 6.03. The Balaban J connectivity index is 3.05. The van der Waals surface area contributed by atoms with Crippen LogP contribution in [0.2, 0.25) is 0 Å². The fourth-order valence-corrected chi connectivity index (χ4v) is 1.18. The molecule has 0 aromatic heterocycles. The summed E-state index contributed by atoms with van der Waals surface area (Å²) < 4.78 is 4.99. The lowest BCUT2D eigenvalue weighted by Gasteiger charge is -2.22. The number of amides is 1. The first-order chi connectivity index (χ1) is 8.27. The van der Waals surface area contributed by atoms with Crippen molar-refractivity contribution in [3.63, 3.8) is 0 Å². The second kappa shape index (κ2) is 5.05. The molecular formula is C12H15NO5. The number of phenolic OH excluding ortho intramolecular Hbond substituents is 1. The van der Waals surface area contributed by atoms with Gasteiger partial charge in [-0.05, 0) is 32.0 Å². The molecule has 0 radical (unpaired) electrons. The third-order valence-corrected chi connectivity index (χ3v) is 2.54. The standard InChI is InChI=1S/C12H15NO5/c1-12(2,18-3)11(17)13-9-5-4-7(14)6-8(9)10(15)16/h4-6,14H,1-3H3,(H,13,17)(H,15,16). The molecule has 0 aliphatic carbocycles. The van der Waals surface area contributed by atoms with E-state index in [1.807, 2.05) is 0 Å². The minimum atomic E-state index is -1.24. The Labute approximate surface area is 104 Å². The number of nitrogens with one attached hydrogen (secondary N) is 1. The molecule has 0 aliphatic rings. The number of hydrogen-bond acceptors (Lipinski definition) is 4. The van der Waals surface area contributed by atoms with Crippen molar-refractivity contribution >= 4 is 17.6 Å². The summed E-state index contributed by atoms with van der Waals surface area (Å²) in [5, 5.41) is 20.6. The van der Waals surface area contributed by atoms with E-state index in [0.717, 1.165) is 6.07 Å². The maximum absolute atomic E-state index is 11.8. The largest absolute Gasteiger partial charge is 0.508 e. The van der Waals surface area contributed by atoms with Crippen LogP contribution in [0.1, 0.15) is 24.2 Å². The molecule has 1 rings (SSSR count). The molecule has 18 heavy (non-hydrogen) atoms. The van der Waals surface area contributed by atoms with E-state index in [9.17, 15) is 14.7 Å². The van der Waals surface area contributed by atoms with Crippen LogP contribution in [0.15, 0.2) is 18.2 Å². The average Bonchev–Trinajstić information content (AvgIpc) is 2.31. The van der Waals surface area contributed by atoms with E-state index in [-0.39, 0.29) is 17.0 Å². The monoisotopic (exact) mass is 253 g/mol. The minimum Gasteiger partial charge on any atom is -0.508 e. The highest BCUT2D eigenvalue weighted by Gasteiger charge is 2.28. The van der Waals surface area contributed by atoms with E-state index in [1.54, 1.807) is 13.8 Å². The summed E-state index contributed by atoms with van der Waals surface area (Å²) in [5.74, 6) is -1.90. The lowest BCUT2D eigenvalue weighted by atomic mass is 10.1. The third kappa shape index (κ3) is 2.98. The maximum atomic E-state index is 11.8. The quantitative estimate of drug-likeness (QED) is 0.706. The number of ether oxygens (including phenoxy) is 1. The van der Waals surface area contributed by atoms with Crippen LogP contribution in [0.4, 0.5) is 5.69 Å². The second-order valence-corrected chi connectivity index (χ2v) is 4.20. The number of carboxylic acid groups (broad SMARTS) is 1. The first-order valence-electron chi connectivity index (χ1n) is 5.21. The molecule has 6 nitrogen and oxygen atoms in total. The van der Waals surface area contributed by atoms with Gasteiger partial charge in [-0.15, -0.1) is 0 Å². The van der Waals surface area contributed by atoms with E-state index >= 15 is 0 Å². The highest BCUT2D eigenvalue weighted by atomic mass is 16.5. The van der Waals surface area contributed by atoms with E-state index in [4.69, 9.17) is 9.84 Å². The zero-order valence-corrected chi connectivity index (χ0v) is 10.4. The van der Waals surface area contributed by atoms with Gasteiger partial charge >= 0.3 is 5.97 Å². The predicted octanol–water partition coefficient (Wildman–Crippen LogP) is 1.45. The lowest BCUT2D eigenvalue weighted by Crippen LogP contribution is -2.39. The van der Waals surface area contributed by atoms with Crippen LogP contribution in [0.5, 0.6) is 5.75 Å². The van der Waals surface area contributed by atoms with Crippen LogP contribution in [0.25, 0.3) is 0 Å². The fourth-order valence-electron chi connectivity index (χ4n) is 1.18. The van der Waals surface area contributed by atoms with Gasteiger partial charge in [0.05, 0.1) is 11.3 Å². The SMILES string of the molecule is COC(C)(C)C(=O)Nc1ccc(O)cc1C(=O)O. The molecule has 0 aliphatic heterocycles. The number of benzene rings is 1. The van der Waals surface area contributed by atoms with Gasteiger partial charge in [0, 0.05) is 7.11 Å². The van der Waals surface area contributed by atoms with E-state index in [2.05, 4.69) is 5.32 Å². The average molecular weight is 253 g/mol. The van der Waals surface area contributed by atoms with Crippen LogP contribution < -0.4 is 5.32 Å². The Morgan fingerprint density at radius 1 is 1.33 bits per heavy atom. The lowest BCUT2D eigenvalue weighted by molar-refractivity contribution is -0.133.